The van der Waals surface area contributed by atoms with E-state index in [2.05, 4.69) is 27.8 Å². The summed E-state index contributed by atoms with van der Waals surface area (Å²) in [5.41, 5.74) is 0. The van der Waals surface area contributed by atoms with Crippen molar-refractivity contribution in [3.05, 3.63) is 5.89 Å². The molecule has 0 aromatic carbocycles. The smallest absolute Gasteiger partial charge is 0.315 e. The van der Waals surface area contributed by atoms with Gasteiger partial charge in [0.25, 0.3) is 0 Å². The van der Waals surface area contributed by atoms with E-state index in [-0.39, 0.29) is 6.04 Å². The number of nitrogens with one attached hydrogen (secondary N) is 2. The number of rotatable bonds is 5. The zero-order valence-electron chi connectivity index (χ0n) is 8.29. The highest BCUT2D eigenvalue weighted by Gasteiger charge is 2.11. The summed E-state index contributed by atoms with van der Waals surface area (Å²) in [4.78, 5) is 0. The Morgan fingerprint density at radius 2 is 2.23 bits per heavy atom. The van der Waals surface area contributed by atoms with Crippen LogP contribution in [0.25, 0.3) is 0 Å². The molecule has 5 nitrogen and oxygen atoms in total. The third kappa shape index (κ3) is 2.69. The van der Waals surface area contributed by atoms with E-state index in [0.29, 0.717) is 11.9 Å². The second-order valence-electron chi connectivity index (χ2n) is 2.87. The summed E-state index contributed by atoms with van der Waals surface area (Å²) in [6, 6.07) is 0.578. The number of hydrogen-bond donors (Lipinski definition) is 2. The summed E-state index contributed by atoms with van der Waals surface area (Å²) in [7, 11) is 1.75. The van der Waals surface area contributed by atoms with Crippen molar-refractivity contribution in [2.24, 2.45) is 0 Å². The molecule has 1 atom stereocenters. The van der Waals surface area contributed by atoms with Crippen molar-refractivity contribution in [1.82, 2.24) is 15.5 Å². The average molecular weight is 184 g/mol. The quantitative estimate of drug-likeness (QED) is 0.719. The molecule has 1 rings (SSSR count). The second-order valence-corrected chi connectivity index (χ2v) is 2.87. The highest BCUT2D eigenvalue weighted by Crippen LogP contribution is 2.12. The first-order chi connectivity index (χ1) is 6.27. The summed E-state index contributed by atoms with van der Waals surface area (Å²) in [5.74, 6) is 0.623. The molecule has 1 aromatic heterocycles. The minimum atomic E-state index is 0.120. The summed E-state index contributed by atoms with van der Waals surface area (Å²) < 4.78 is 5.30. The van der Waals surface area contributed by atoms with Gasteiger partial charge in [0.1, 0.15) is 0 Å². The van der Waals surface area contributed by atoms with Gasteiger partial charge in [0.2, 0.25) is 5.89 Å². The zero-order valence-corrected chi connectivity index (χ0v) is 8.29. The molecule has 0 bridgehead atoms. The van der Waals surface area contributed by atoms with E-state index in [0.717, 1.165) is 13.0 Å². The summed E-state index contributed by atoms with van der Waals surface area (Å²) in [6.07, 6.45) is 1.09. The predicted octanol–water partition coefficient (Wildman–Crippen LogP) is 1.17. The molecule has 0 aliphatic rings. The maximum atomic E-state index is 5.30. The van der Waals surface area contributed by atoms with E-state index in [1.54, 1.807) is 7.05 Å². The van der Waals surface area contributed by atoms with Crippen molar-refractivity contribution in [2.45, 2.75) is 26.3 Å². The van der Waals surface area contributed by atoms with Crippen LogP contribution in [-0.2, 0) is 0 Å². The Labute approximate surface area is 77.9 Å². The molecule has 0 fully saturated rings. The van der Waals surface area contributed by atoms with Crippen LogP contribution in [-0.4, -0.2) is 23.8 Å². The molecule has 0 spiro atoms. The minimum absolute atomic E-state index is 0.120. The van der Waals surface area contributed by atoms with Gasteiger partial charge in [0, 0.05) is 7.05 Å². The van der Waals surface area contributed by atoms with Gasteiger partial charge < -0.3 is 15.1 Å². The highest BCUT2D eigenvalue weighted by molar-refractivity contribution is 5.14. The zero-order chi connectivity index (χ0) is 9.68. The predicted molar refractivity (Wildman–Crippen MR) is 50.6 cm³/mol. The molecule has 13 heavy (non-hydrogen) atoms. The molecule has 0 aliphatic heterocycles. The number of nitrogens with zero attached hydrogens (tertiary/aromatic N) is 2. The van der Waals surface area contributed by atoms with Gasteiger partial charge in [-0.2, -0.15) is 0 Å². The molecular weight excluding hydrogens is 168 g/mol. The van der Waals surface area contributed by atoms with Crippen LogP contribution < -0.4 is 10.6 Å². The van der Waals surface area contributed by atoms with Crippen molar-refractivity contribution >= 4 is 6.01 Å². The van der Waals surface area contributed by atoms with Gasteiger partial charge in [-0.3, -0.25) is 0 Å². The molecule has 0 radical (unpaired) electrons. The molecule has 0 amide bonds. The van der Waals surface area contributed by atoms with Gasteiger partial charge in [-0.15, -0.1) is 5.10 Å². The SMILES string of the molecule is CCCNC(C)c1nnc(NC)o1. The van der Waals surface area contributed by atoms with Crippen LogP contribution in [0.5, 0.6) is 0 Å². The van der Waals surface area contributed by atoms with Crippen molar-refractivity contribution in [3.63, 3.8) is 0 Å². The molecule has 0 saturated carbocycles. The van der Waals surface area contributed by atoms with E-state index in [4.69, 9.17) is 4.42 Å². The van der Waals surface area contributed by atoms with Crippen LogP contribution in [0.2, 0.25) is 0 Å². The number of hydrogen-bond acceptors (Lipinski definition) is 5. The van der Waals surface area contributed by atoms with Crippen LogP contribution in [0.4, 0.5) is 6.01 Å². The van der Waals surface area contributed by atoms with Crippen LogP contribution in [0, 0.1) is 0 Å². The Bertz CT molecular complexity index is 248. The lowest BCUT2D eigenvalue weighted by molar-refractivity contribution is 0.424. The maximum Gasteiger partial charge on any atom is 0.315 e. The normalized spacial score (nSPS) is 12.8. The first kappa shape index (κ1) is 9.98. The molecule has 1 unspecified atom stereocenters. The molecule has 2 N–H and O–H groups in total. The lowest BCUT2D eigenvalue weighted by Gasteiger charge is -2.07. The molecule has 0 aliphatic carbocycles. The third-order valence-electron chi connectivity index (χ3n) is 1.73. The van der Waals surface area contributed by atoms with E-state index < -0.39 is 0 Å². The van der Waals surface area contributed by atoms with Gasteiger partial charge in [-0.05, 0) is 19.9 Å². The van der Waals surface area contributed by atoms with Crippen molar-refractivity contribution in [3.8, 4) is 0 Å². The standard InChI is InChI=1S/C8H16N4O/c1-4-5-10-6(2)7-11-12-8(9-3)13-7/h6,10H,4-5H2,1-3H3,(H,9,12). The Balaban J connectivity index is 2.50. The molecule has 74 valence electrons. The number of anilines is 1. The fourth-order valence-electron chi connectivity index (χ4n) is 0.959. The van der Waals surface area contributed by atoms with Gasteiger partial charge in [0.15, 0.2) is 0 Å². The lowest BCUT2D eigenvalue weighted by Crippen LogP contribution is -2.19. The lowest BCUT2D eigenvalue weighted by atomic mass is 10.3. The summed E-state index contributed by atoms with van der Waals surface area (Å²) >= 11 is 0. The Morgan fingerprint density at radius 1 is 1.46 bits per heavy atom. The monoisotopic (exact) mass is 184 g/mol. The van der Waals surface area contributed by atoms with Crippen molar-refractivity contribution in [1.29, 1.82) is 0 Å². The summed E-state index contributed by atoms with van der Waals surface area (Å²) in [5, 5.41) is 13.7. The largest absolute Gasteiger partial charge is 0.406 e. The van der Waals surface area contributed by atoms with Crippen LogP contribution in [0.1, 0.15) is 32.2 Å². The second kappa shape index (κ2) is 4.81. The molecular formula is C8H16N4O. The van der Waals surface area contributed by atoms with Crippen LogP contribution >= 0.6 is 0 Å². The number of aromatic nitrogens is 2. The topological polar surface area (TPSA) is 63.0 Å². The Kier molecular flexibility index (Phi) is 3.70. The molecule has 0 saturated heterocycles. The first-order valence-corrected chi connectivity index (χ1v) is 4.52. The van der Waals surface area contributed by atoms with Gasteiger partial charge in [-0.1, -0.05) is 12.0 Å². The van der Waals surface area contributed by atoms with Crippen molar-refractivity contribution in [2.75, 3.05) is 18.9 Å². The highest BCUT2D eigenvalue weighted by atomic mass is 16.4. The molecule has 1 heterocycles. The van der Waals surface area contributed by atoms with Gasteiger partial charge >= 0.3 is 6.01 Å². The average Bonchev–Trinajstić information content (AvgIpc) is 2.62. The Hall–Kier alpha value is -1.10. The van der Waals surface area contributed by atoms with Gasteiger partial charge in [0.05, 0.1) is 6.04 Å². The molecule has 5 heteroatoms. The van der Waals surface area contributed by atoms with Crippen LogP contribution in [0.3, 0.4) is 0 Å². The summed E-state index contributed by atoms with van der Waals surface area (Å²) in [6.45, 7) is 5.08. The van der Waals surface area contributed by atoms with Crippen LogP contribution in [0.15, 0.2) is 4.42 Å². The minimum Gasteiger partial charge on any atom is -0.406 e. The van der Waals surface area contributed by atoms with E-state index in [1.807, 2.05) is 6.92 Å². The van der Waals surface area contributed by atoms with E-state index >= 15 is 0 Å². The fraction of sp³-hybridized carbons (Fsp3) is 0.750. The maximum absolute atomic E-state index is 5.30. The van der Waals surface area contributed by atoms with E-state index in [9.17, 15) is 0 Å². The Morgan fingerprint density at radius 3 is 2.77 bits per heavy atom. The van der Waals surface area contributed by atoms with Crippen molar-refractivity contribution < 1.29 is 4.42 Å². The van der Waals surface area contributed by atoms with Gasteiger partial charge in [-0.25, -0.2) is 0 Å². The first-order valence-electron chi connectivity index (χ1n) is 4.52. The third-order valence-corrected chi connectivity index (χ3v) is 1.73. The van der Waals surface area contributed by atoms with E-state index in [1.165, 1.54) is 0 Å². The molecule has 1 aromatic rings. The fourth-order valence-corrected chi connectivity index (χ4v) is 0.959.